The van der Waals surface area contributed by atoms with Crippen LogP contribution >= 0.6 is 0 Å². The van der Waals surface area contributed by atoms with E-state index in [0.717, 1.165) is 13.0 Å². The Labute approximate surface area is 103 Å². The Morgan fingerprint density at radius 3 is 2.53 bits per heavy atom. The Balaban J connectivity index is 2.37. The molecule has 0 aliphatic carbocycles. The molecule has 0 aliphatic rings. The van der Waals surface area contributed by atoms with Gasteiger partial charge in [-0.3, -0.25) is 4.79 Å². The topological polar surface area (TPSA) is 38.3 Å². The maximum atomic E-state index is 11.6. The molecule has 0 spiro atoms. The van der Waals surface area contributed by atoms with E-state index >= 15 is 0 Å². The van der Waals surface area contributed by atoms with Gasteiger partial charge in [-0.1, -0.05) is 30.3 Å². The fraction of sp³-hybridized carbons (Fsp3) is 0.500. The summed E-state index contributed by atoms with van der Waals surface area (Å²) < 4.78 is 5.01. The predicted molar refractivity (Wildman–Crippen MR) is 68.9 cm³/mol. The first-order valence-corrected chi connectivity index (χ1v) is 6.02. The predicted octanol–water partition coefficient (Wildman–Crippen LogP) is 2.16. The number of rotatable bonds is 6. The lowest BCUT2D eigenvalue weighted by Crippen LogP contribution is -2.48. The van der Waals surface area contributed by atoms with Crippen molar-refractivity contribution in [1.82, 2.24) is 5.32 Å². The lowest BCUT2D eigenvalue weighted by molar-refractivity contribution is -0.149. The number of hydrogen-bond donors (Lipinski definition) is 1. The second kappa shape index (κ2) is 6.40. The Hall–Kier alpha value is -1.35. The van der Waals surface area contributed by atoms with E-state index in [4.69, 9.17) is 4.74 Å². The minimum atomic E-state index is -0.620. The molecule has 3 heteroatoms. The smallest absolute Gasteiger partial charge is 0.325 e. The fourth-order valence-electron chi connectivity index (χ4n) is 1.55. The van der Waals surface area contributed by atoms with Gasteiger partial charge in [0, 0.05) is 6.54 Å². The van der Waals surface area contributed by atoms with Crippen molar-refractivity contribution in [2.75, 3.05) is 13.2 Å². The van der Waals surface area contributed by atoms with Crippen LogP contribution in [0.1, 0.15) is 26.3 Å². The highest BCUT2D eigenvalue weighted by Crippen LogP contribution is 2.06. The van der Waals surface area contributed by atoms with Crippen LogP contribution in [0, 0.1) is 0 Å². The van der Waals surface area contributed by atoms with Crippen molar-refractivity contribution in [2.45, 2.75) is 32.7 Å². The Morgan fingerprint density at radius 1 is 1.29 bits per heavy atom. The molecule has 0 unspecified atom stereocenters. The third kappa shape index (κ3) is 4.57. The zero-order chi connectivity index (χ0) is 12.7. The van der Waals surface area contributed by atoms with Crippen molar-refractivity contribution in [1.29, 1.82) is 0 Å². The van der Waals surface area contributed by atoms with E-state index < -0.39 is 5.54 Å². The van der Waals surface area contributed by atoms with Gasteiger partial charge in [0.15, 0.2) is 0 Å². The van der Waals surface area contributed by atoms with Crippen molar-refractivity contribution >= 4 is 5.97 Å². The van der Waals surface area contributed by atoms with Crippen molar-refractivity contribution in [3.8, 4) is 0 Å². The Morgan fingerprint density at radius 2 is 1.94 bits per heavy atom. The quantitative estimate of drug-likeness (QED) is 0.768. The molecule has 0 saturated heterocycles. The summed E-state index contributed by atoms with van der Waals surface area (Å²) in [5.74, 6) is -0.201. The first-order chi connectivity index (χ1) is 8.06. The zero-order valence-electron chi connectivity index (χ0n) is 10.8. The van der Waals surface area contributed by atoms with Crippen LogP contribution in [0.5, 0.6) is 0 Å². The summed E-state index contributed by atoms with van der Waals surface area (Å²) in [6.07, 6.45) is 0.906. The molecule has 0 bridgehead atoms. The van der Waals surface area contributed by atoms with Gasteiger partial charge in [-0.2, -0.15) is 0 Å². The number of ether oxygens (including phenoxy) is 1. The summed E-state index contributed by atoms with van der Waals surface area (Å²) in [6.45, 7) is 6.68. The van der Waals surface area contributed by atoms with Crippen molar-refractivity contribution in [3.05, 3.63) is 35.9 Å². The molecule has 0 fully saturated rings. The van der Waals surface area contributed by atoms with Gasteiger partial charge in [0.05, 0.1) is 6.61 Å². The minimum Gasteiger partial charge on any atom is -0.465 e. The van der Waals surface area contributed by atoms with Crippen LogP contribution in [0.25, 0.3) is 0 Å². The molecule has 3 nitrogen and oxygen atoms in total. The molecule has 0 amide bonds. The van der Waals surface area contributed by atoms with Crippen molar-refractivity contribution < 1.29 is 9.53 Å². The average molecular weight is 235 g/mol. The monoisotopic (exact) mass is 235 g/mol. The van der Waals surface area contributed by atoms with Crippen LogP contribution in [0.4, 0.5) is 0 Å². The van der Waals surface area contributed by atoms with Crippen LogP contribution in [0.3, 0.4) is 0 Å². The number of esters is 1. The number of benzene rings is 1. The van der Waals surface area contributed by atoms with E-state index in [1.165, 1.54) is 5.56 Å². The Kier molecular flexibility index (Phi) is 5.16. The van der Waals surface area contributed by atoms with Crippen molar-refractivity contribution in [2.24, 2.45) is 0 Å². The molecule has 0 aliphatic heterocycles. The first kappa shape index (κ1) is 13.7. The average Bonchev–Trinajstić information content (AvgIpc) is 2.30. The summed E-state index contributed by atoms with van der Waals surface area (Å²) in [4.78, 5) is 11.6. The number of carbonyl (C=O) groups excluding carboxylic acids is 1. The van der Waals surface area contributed by atoms with Gasteiger partial charge in [-0.15, -0.1) is 0 Å². The highest BCUT2D eigenvalue weighted by Gasteiger charge is 2.27. The van der Waals surface area contributed by atoms with Gasteiger partial charge < -0.3 is 10.1 Å². The minimum absolute atomic E-state index is 0.201. The lowest BCUT2D eigenvalue weighted by Gasteiger charge is -2.23. The maximum Gasteiger partial charge on any atom is 0.325 e. The van der Waals surface area contributed by atoms with Crippen LogP contribution in [0.15, 0.2) is 30.3 Å². The molecule has 1 N–H and O–H groups in total. The van der Waals surface area contributed by atoms with E-state index in [1.807, 2.05) is 39.0 Å². The highest BCUT2D eigenvalue weighted by molar-refractivity contribution is 5.79. The normalized spacial score (nSPS) is 11.2. The molecular formula is C14H21NO2. The van der Waals surface area contributed by atoms with E-state index in [2.05, 4.69) is 17.4 Å². The van der Waals surface area contributed by atoms with E-state index in [0.29, 0.717) is 6.61 Å². The molecule has 0 saturated carbocycles. The molecule has 0 heterocycles. The zero-order valence-corrected chi connectivity index (χ0v) is 10.8. The number of carbonyl (C=O) groups is 1. The summed E-state index contributed by atoms with van der Waals surface area (Å²) in [6, 6.07) is 10.2. The number of nitrogens with one attached hydrogen (secondary N) is 1. The second-order valence-corrected chi connectivity index (χ2v) is 4.51. The fourth-order valence-corrected chi connectivity index (χ4v) is 1.55. The van der Waals surface area contributed by atoms with E-state index in [-0.39, 0.29) is 5.97 Å². The molecular weight excluding hydrogens is 214 g/mol. The maximum absolute atomic E-state index is 11.6. The third-order valence-electron chi connectivity index (χ3n) is 2.61. The van der Waals surface area contributed by atoms with Gasteiger partial charge >= 0.3 is 5.97 Å². The summed E-state index contributed by atoms with van der Waals surface area (Å²) >= 11 is 0. The highest BCUT2D eigenvalue weighted by atomic mass is 16.5. The van der Waals surface area contributed by atoms with E-state index in [9.17, 15) is 4.79 Å². The molecule has 0 aromatic heterocycles. The lowest BCUT2D eigenvalue weighted by atomic mass is 10.1. The molecule has 17 heavy (non-hydrogen) atoms. The largest absolute Gasteiger partial charge is 0.465 e. The second-order valence-electron chi connectivity index (χ2n) is 4.51. The SMILES string of the molecule is CCOC(=O)C(C)(C)NCCc1ccccc1. The van der Waals surface area contributed by atoms with Gasteiger partial charge in [0.2, 0.25) is 0 Å². The molecule has 1 aromatic rings. The van der Waals surface area contributed by atoms with Gasteiger partial charge in [0.1, 0.15) is 5.54 Å². The van der Waals surface area contributed by atoms with Crippen LogP contribution in [-0.2, 0) is 16.0 Å². The third-order valence-corrected chi connectivity index (χ3v) is 2.61. The summed E-state index contributed by atoms with van der Waals surface area (Å²) in [5, 5.41) is 3.22. The summed E-state index contributed by atoms with van der Waals surface area (Å²) in [5.41, 5.74) is 0.643. The Bertz CT molecular complexity index is 346. The molecule has 0 atom stereocenters. The molecule has 0 radical (unpaired) electrons. The molecule has 1 aromatic carbocycles. The molecule has 1 rings (SSSR count). The standard InChI is InChI=1S/C14H21NO2/c1-4-17-13(16)14(2,3)15-11-10-12-8-6-5-7-9-12/h5-9,15H,4,10-11H2,1-3H3. The summed E-state index contributed by atoms with van der Waals surface area (Å²) in [7, 11) is 0. The van der Waals surface area contributed by atoms with E-state index in [1.54, 1.807) is 0 Å². The first-order valence-electron chi connectivity index (χ1n) is 6.02. The van der Waals surface area contributed by atoms with Gasteiger partial charge in [-0.25, -0.2) is 0 Å². The van der Waals surface area contributed by atoms with Crippen molar-refractivity contribution in [3.63, 3.8) is 0 Å². The molecule has 94 valence electrons. The van der Waals surface area contributed by atoms with Crippen LogP contribution in [0.2, 0.25) is 0 Å². The number of hydrogen-bond acceptors (Lipinski definition) is 3. The van der Waals surface area contributed by atoms with Crippen LogP contribution < -0.4 is 5.32 Å². The van der Waals surface area contributed by atoms with Gasteiger partial charge in [-0.05, 0) is 32.8 Å². The van der Waals surface area contributed by atoms with Gasteiger partial charge in [0.25, 0.3) is 0 Å². The van der Waals surface area contributed by atoms with Crippen LogP contribution in [-0.4, -0.2) is 24.7 Å².